The highest BCUT2D eigenvalue weighted by molar-refractivity contribution is 5.99. The van der Waals surface area contributed by atoms with Gasteiger partial charge in [0.2, 0.25) is 0 Å². The maximum atomic E-state index is 4.86. The van der Waals surface area contributed by atoms with Crippen LogP contribution in [0.2, 0.25) is 0 Å². The smallest absolute Gasteiger partial charge is 0.0867 e. The highest BCUT2D eigenvalue weighted by Gasteiger charge is 2.24. The van der Waals surface area contributed by atoms with Crippen LogP contribution in [0.15, 0.2) is 164 Å². The number of allylic oxidation sites excluding steroid dienone is 3. The molecule has 0 atom stereocenters. The topological polar surface area (TPSA) is 37.8 Å². The van der Waals surface area contributed by atoms with Gasteiger partial charge in [-0.3, -0.25) is 9.97 Å². The summed E-state index contributed by atoms with van der Waals surface area (Å²) in [7, 11) is 0. The van der Waals surface area contributed by atoms with Crippen molar-refractivity contribution in [3.05, 3.63) is 192 Å². The Balaban J connectivity index is 1.49. The van der Waals surface area contributed by atoms with Crippen LogP contribution in [0.4, 0.5) is 0 Å². The number of hydrogen-bond donors (Lipinski definition) is 1. The van der Waals surface area contributed by atoms with Crippen LogP contribution < -0.4 is 5.32 Å². The molecular formula is C48H45N3. The van der Waals surface area contributed by atoms with Crippen molar-refractivity contribution in [1.29, 1.82) is 0 Å². The third kappa shape index (κ3) is 7.25. The van der Waals surface area contributed by atoms with Crippen molar-refractivity contribution in [3.8, 4) is 33.5 Å². The molecule has 0 fully saturated rings. The monoisotopic (exact) mass is 663 g/mol. The van der Waals surface area contributed by atoms with Crippen molar-refractivity contribution in [1.82, 2.24) is 15.3 Å². The van der Waals surface area contributed by atoms with E-state index in [0.29, 0.717) is 0 Å². The zero-order chi connectivity index (χ0) is 35.6. The van der Waals surface area contributed by atoms with E-state index in [0.717, 1.165) is 67.3 Å². The summed E-state index contributed by atoms with van der Waals surface area (Å²) in [6, 6.07) is 45.6. The van der Waals surface area contributed by atoms with E-state index in [1.54, 1.807) is 0 Å². The Morgan fingerprint density at radius 1 is 0.529 bits per heavy atom. The minimum Gasteiger partial charge on any atom is -0.353 e. The van der Waals surface area contributed by atoms with Gasteiger partial charge < -0.3 is 5.32 Å². The average molecular weight is 664 g/mol. The van der Waals surface area contributed by atoms with Crippen LogP contribution >= 0.6 is 0 Å². The number of dihydropyridines is 1. The molecule has 0 aliphatic carbocycles. The van der Waals surface area contributed by atoms with Crippen LogP contribution in [0.5, 0.6) is 0 Å². The van der Waals surface area contributed by atoms with E-state index in [9.17, 15) is 0 Å². The number of nitrogens with one attached hydrogen (secondary N) is 1. The van der Waals surface area contributed by atoms with Gasteiger partial charge in [0.25, 0.3) is 0 Å². The molecule has 4 aromatic carbocycles. The predicted molar refractivity (Wildman–Crippen MR) is 215 cm³/mol. The molecule has 0 amide bonds. The van der Waals surface area contributed by atoms with Gasteiger partial charge in [-0.25, -0.2) is 0 Å². The molecule has 6 aromatic rings. The molecule has 7 rings (SSSR count). The fraction of sp³-hybridized carbons (Fsp3) is 0.167. The first-order valence-electron chi connectivity index (χ1n) is 17.7. The largest absolute Gasteiger partial charge is 0.353 e. The van der Waals surface area contributed by atoms with E-state index < -0.39 is 0 Å². The summed E-state index contributed by atoms with van der Waals surface area (Å²) in [4.78, 5) is 9.69. The number of benzene rings is 4. The fourth-order valence-corrected chi connectivity index (χ4v) is 6.67. The van der Waals surface area contributed by atoms with Crippen LogP contribution in [0, 0.1) is 0 Å². The number of nitrogens with zero attached hydrogens (tertiary/aromatic N) is 2. The molecule has 51 heavy (non-hydrogen) atoms. The van der Waals surface area contributed by atoms with Crippen LogP contribution in [0.1, 0.15) is 69.5 Å². The van der Waals surface area contributed by atoms with E-state index in [1.165, 1.54) is 11.1 Å². The van der Waals surface area contributed by atoms with Crippen molar-refractivity contribution < 1.29 is 0 Å². The lowest BCUT2D eigenvalue weighted by Crippen LogP contribution is -2.18. The van der Waals surface area contributed by atoms with E-state index in [-0.39, 0.29) is 10.8 Å². The van der Waals surface area contributed by atoms with Crippen molar-refractivity contribution >= 4 is 11.3 Å². The van der Waals surface area contributed by atoms with E-state index >= 15 is 0 Å². The second-order valence-corrected chi connectivity index (χ2v) is 15.3. The van der Waals surface area contributed by atoms with Gasteiger partial charge in [-0.2, -0.15) is 0 Å². The Morgan fingerprint density at radius 2 is 1.06 bits per heavy atom. The minimum atomic E-state index is 0.00453. The first-order chi connectivity index (χ1) is 24.6. The predicted octanol–water partition coefficient (Wildman–Crippen LogP) is 12.0. The van der Waals surface area contributed by atoms with E-state index in [2.05, 4.69) is 192 Å². The lowest BCUT2D eigenvalue weighted by Gasteiger charge is -2.25. The number of pyridine rings is 2. The van der Waals surface area contributed by atoms with Crippen molar-refractivity contribution in [3.63, 3.8) is 0 Å². The fourth-order valence-electron chi connectivity index (χ4n) is 6.67. The van der Waals surface area contributed by atoms with Gasteiger partial charge in [0, 0.05) is 34.8 Å². The SMILES string of the molecule is CC(C)(C)c1ccnc(C2=CC=C/C(=C(/c3cccc(-c4cc(C(C)(C)C)ccn4)c3)c3c(-c4ccccc4)cccc3-c3ccccc3)N2)c1. The standard InChI is InChI=1S/C48H45N3/c1-47(2,3)37-26-28-49-43(31-37)35-20-13-21-36(30-35)45(42-25-15-24-41(51-42)44-32-38(27-29-50-44)48(4,5)6)46-39(33-16-9-7-10-17-33)22-14-23-40(46)34-18-11-8-12-19-34/h7-32,51H,1-6H3/b45-42+. The summed E-state index contributed by atoms with van der Waals surface area (Å²) in [5, 5.41) is 3.87. The molecule has 0 saturated carbocycles. The molecular weight excluding hydrogens is 619 g/mol. The van der Waals surface area contributed by atoms with Gasteiger partial charge in [0.1, 0.15) is 0 Å². The summed E-state index contributed by atoms with van der Waals surface area (Å²) in [5.41, 5.74) is 15.5. The number of aromatic nitrogens is 2. The first-order valence-corrected chi connectivity index (χ1v) is 17.7. The molecule has 3 heterocycles. The third-order valence-corrected chi connectivity index (χ3v) is 9.52. The van der Waals surface area contributed by atoms with Crippen molar-refractivity contribution in [2.75, 3.05) is 0 Å². The van der Waals surface area contributed by atoms with Gasteiger partial charge in [-0.1, -0.05) is 145 Å². The minimum absolute atomic E-state index is 0.00453. The molecule has 0 spiro atoms. The number of hydrogen-bond acceptors (Lipinski definition) is 3. The molecule has 1 aliphatic rings. The van der Waals surface area contributed by atoms with Crippen LogP contribution in [0.3, 0.4) is 0 Å². The molecule has 3 nitrogen and oxygen atoms in total. The van der Waals surface area contributed by atoms with Crippen molar-refractivity contribution in [2.24, 2.45) is 0 Å². The molecule has 2 aromatic heterocycles. The molecule has 252 valence electrons. The highest BCUT2D eigenvalue weighted by Crippen LogP contribution is 2.43. The molecule has 0 bridgehead atoms. The van der Waals surface area contributed by atoms with Gasteiger partial charge in [-0.05, 0) is 92.3 Å². The normalized spacial score (nSPS) is 14.1. The van der Waals surface area contributed by atoms with Crippen LogP contribution in [-0.4, -0.2) is 9.97 Å². The Kier molecular flexibility index (Phi) is 9.14. The summed E-state index contributed by atoms with van der Waals surface area (Å²) < 4.78 is 0. The zero-order valence-electron chi connectivity index (χ0n) is 30.4. The van der Waals surface area contributed by atoms with Crippen LogP contribution in [0.25, 0.3) is 44.8 Å². The van der Waals surface area contributed by atoms with Crippen molar-refractivity contribution in [2.45, 2.75) is 52.4 Å². The Hall–Kier alpha value is -5.80. The Morgan fingerprint density at radius 3 is 1.65 bits per heavy atom. The maximum absolute atomic E-state index is 4.86. The average Bonchev–Trinajstić information content (AvgIpc) is 3.15. The highest BCUT2D eigenvalue weighted by atomic mass is 14.9. The molecule has 1 N–H and O–H groups in total. The van der Waals surface area contributed by atoms with Gasteiger partial charge in [0.05, 0.1) is 17.1 Å². The molecule has 0 saturated heterocycles. The van der Waals surface area contributed by atoms with Gasteiger partial charge in [-0.15, -0.1) is 0 Å². The molecule has 3 heteroatoms. The Bertz CT molecular complexity index is 2220. The zero-order valence-corrected chi connectivity index (χ0v) is 30.4. The van der Waals surface area contributed by atoms with Gasteiger partial charge >= 0.3 is 0 Å². The second-order valence-electron chi connectivity index (χ2n) is 15.3. The summed E-state index contributed by atoms with van der Waals surface area (Å²) in [6.07, 6.45) is 10.3. The van der Waals surface area contributed by atoms with Crippen LogP contribution in [-0.2, 0) is 10.8 Å². The quantitative estimate of drug-likeness (QED) is 0.193. The molecule has 0 unspecified atom stereocenters. The van der Waals surface area contributed by atoms with E-state index in [4.69, 9.17) is 9.97 Å². The summed E-state index contributed by atoms with van der Waals surface area (Å²) in [6.45, 7) is 13.5. The molecule has 1 aliphatic heterocycles. The molecule has 0 radical (unpaired) electrons. The summed E-state index contributed by atoms with van der Waals surface area (Å²) >= 11 is 0. The summed E-state index contributed by atoms with van der Waals surface area (Å²) in [5.74, 6) is 0. The second kappa shape index (κ2) is 13.8. The lowest BCUT2D eigenvalue weighted by atomic mass is 9.82. The van der Waals surface area contributed by atoms with Gasteiger partial charge in [0.15, 0.2) is 0 Å². The first kappa shape index (κ1) is 33.7. The van der Waals surface area contributed by atoms with E-state index in [1.807, 2.05) is 12.4 Å². The maximum Gasteiger partial charge on any atom is 0.0867 e. The number of rotatable bonds is 6. The Labute approximate surface area is 303 Å². The third-order valence-electron chi connectivity index (χ3n) is 9.52. The lowest BCUT2D eigenvalue weighted by molar-refractivity contribution is 0.589.